The minimum atomic E-state index is -0.0731. The highest BCUT2D eigenvalue weighted by atomic mass is 32.1. The number of morpholine rings is 1. The molecule has 0 aliphatic carbocycles. The molecule has 3 rings (SSSR count). The summed E-state index contributed by atoms with van der Waals surface area (Å²) in [6.45, 7) is 7.78. The average Bonchev–Trinajstić information content (AvgIpc) is 3.16. The zero-order valence-electron chi connectivity index (χ0n) is 12.6. The molecular weight excluding hydrogens is 288 g/mol. The Bertz CT molecular complexity index is 499. The van der Waals surface area contributed by atoms with Crippen molar-refractivity contribution in [2.45, 2.75) is 38.6 Å². The van der Waals surface area contributed by atoms with Crippen LogP contribution in [0.5, 0.6) is 0 Å². The lowest BCUT2D eigenvalue weighted by atomic mass is 10.2. The Morgan fingerprint density at radius 3 is 2.76 bits per heavy atom. The smallest absolute Gasteiger partial charge is 0.245 e. The maximum absolute atomic E-state index is 12.7. The Kier molecular flexibility index (Phi) is 4.40. The summed E-state index contributed by atoms with van der Waals surface area (Å²) >= 11 is 1.41. The van der Waals surface area contributed by atoms with Crippen LogP contribution in [-0.2, 0) is 9.53 Å². The molecule has 0 bridgehead atoms. The predicted octanol–water partition coefficient (Wildman–Crippen LogP) is 1.49. The molecule has 2 aliphatic heterocycles. The molecule has 0 unspecified atom stereocenters. The fraction of sp³-hybridized carbons (Fsp3) is 0.786. The molecule has 2 aliphatic rings. The lowest BCUT2D eigenvalue weighted by Gasteiger charge is -2.32. The number of anilines is 1. The largest absolute Gasteiger partial charge is 0.378 e. The van der Waals surface area contributed by atoms with E-state index in [1.807, 2.05) is 4.90 Å². The average molecular weight is 310 g/mol. The van der Waals surface area contributed by atoms with Gasteiger partial charge in [0, 0.05) is 37.1 Å². The van der Waals surface area contributed by atoms with E-state index in [0.29, 0.717) is 32.2 Å². The van der Waals surface area contributed by atoms with E-state index in [1.54, 1.807) is 0 Å². The quantitative estimate of drug-likeness (QED) is 0.846. The van der Waals surface area contributed by atoms with Gasteiger partial charge >= 0.3 is 0 Å². The Labute approximate surface area is 129 Å². The summed E-state index contributed by atoms with van der Waals surface area (Å²) in [7, 11) is 0. The van der Waals surface area contributed by atoms with Crippen molar-refractivity contribution in [3.8, 4) is 0 Å². The Morgan fingerprint density at radius 2 is 2.10 bits per heavy atom. The highest BCUT2D eigenvalue weighted by Gasteiger charge is 2.36. The summed E-state index contributed by atoms with van der Waals surface area (Å²) in [6, 6.07) is -0.0731. The summed E-state index contributed by atoms with van der Waals surface area (Å²) in [5.74, 6) is 1.42. The van der Waals surface area contributed by atoms with Crippen molar-refractivity contribution >= 4 is 22.6 Å². The van der Waals surface area contributed by atoms with Gasteiger partial charge in [-0.25, -0.2) is 4.98 Å². The van der Waals surface area contributed by atoms with Gasteiger partial charge in [0.05, 0.1) is 13.2 Å². The zero-order chi connectivity index (χ0) is 14.8. The molecule has 0 spiro atoms. The Morgan fingerprint density at radius 1 is 1.33 bits per heavy atom. The minimum Gasteiger partial charge on any atom is -0.378 e. The molecule has 2 saturated heterocycles. The number of hydrogen-bond donors (Lipinski definition) is 0. The summed E-state index contributed by atoms with van der Waals surface area (Å²) in [6.07, 6.45) is 1.95. The van der Waals surface area contributed by atoms with Crippen molar-refractivity contribution in [1.82, 2.24) is 14.3 Å². The molecule has 21 heavy (non-hydrogen) atoms. The molecule has 1 amide bonds. The van der Waals surface area contributed by atoms with Crippen LogP contribution in [0.4, 0.5) is 5.13 Å². The molecule has 1 atom stereocenters. The number of carbonyl (C=O) groups is 1. The topological polar surface area (TPSA) is 58.6 Å². The first-order valence-corrected chi connectivity index (χ1v) is 8.41. The van der Waals surface area contributed by atoms with E-state index in [0.717, 1.165) is 30.3 Å². The molecule has 0 N–H and O–H groups in total. The molecule has 116 valence electrons. The van der Waals surface area contributed by atoms with E-state index < -0.39 is 0 Å². The van der Waals surface area contributed by atoms with Gasteiger partial charge in [0.2, 0.25) is 11.0 Å². The molecular formula is C14H22N4O2S. The van der Waals surface area contributed by atoms with E-state index in [2.05, 4.69) is 28.1 Å². The summed E-state index contributed by atoms with van der Waals surface area (Å²) in [5.41, 5.74) is 0. The maximum atomic E-state index is 12.7. The van der Waals surface area contributed by atoms with Crippen LogP contribution in [0.15, 0.2) is 0 Å². The monoisotopic (exact) mass is 310 g/mol. The first kappa shape index (κ1) is 14.7. The molecule has 7 heteroatoms. The van der Waals surface area contributed by atoms with Crippen molar-refractivity contribution in [3.05, 3.63) is 5.82 Å². The molecule has 3 heterocycles. The van der Waals surface area contributed by atoms with E-state index in [4.69, 9.17) is 4.74 Å². The molecule has 0 radical (unpaired) electrons. The lowest BCUT2D eigenvalue weighted by Crippen LogP contribution is -2.49. The second-order valence-electron chi connectivity index (χ2n) is 5.88. The van der Waals surface area contributed by atoms with Gasteiger partial charge in [-0.05, 0) is 12.8 Å². The van der Waals surface area contributed by atoms with Crippen LogP contribution in [0, 0.1) is 0 Å². The van der Waals surface area contributed by atoms with Gasteiger partial charge in [0.15, 0.2) is 0 Å². The van der Waals surface area contributed by atoms with Gasteiger partial charge in [0.1, 0.15) is 11.9 Å². The van der Waals surface area contributed by atoms with Crippen molar-refractivity contribution in [2.75, 3.05) is 37.7 Å². The molecule has 0 saturated carbocycles. The third kappa shape index (κ3) is 3.03. The second-order valence-corrected chi connectivity index (χ2v) is 6.61. The number of nitrogens with zero attached hydrogens (tertiary/aromatic N) is 4. The van der Waals surface area contributed by atoms with Crippen LogP contribution >= 0.6 is 11.5 Å². The summed E-state index contributed by atoms with van der Waals surface area (Å²) in [4.78, 5) is 21.4. The van der Waals surface area contributed by atoms with Gasteiger partial charge in [-0.2, -0.15) is 4.37 Å². The normalized spacial score (nSPS) is 23.1. The maximum Gasteiger partial charge on any atom is 0.245 e. The van der Waals surface area contributed by atoms with Gasteiger partial charge < -0.3 is 14.5 Å². The van der Waals surface area contributed by atoms with Gasteiger partial charge in [0.25, 0.3) is 0 Å². The van der Waals surface area contributed by atoms with Crippen molar-refractivity contribution in [1.29, 1.82) is 0 Å². The van der Waals surface area contributed by atoms with Crippen molar-refractivity contribution in [3.63, 3.8) is 0 Å². The van der Waals surface area contributed by atoms with E-state index >= 15 is 0 Å². The first-order chi connectivity index (χ1) is 10.2. The van der Waals surface area contributed by atoms with E-state index in [-0.39, 0.29) is 11.9 Å². The van der Waals surface area contributed by atoms with Crippen LogP contribution in [0.3, 0.4) is 0 Å². The fourth-order valence-electron chi connectivity index (χ4n) is 2.82. The molecule has 0 aromatic carbocycles. The standard InChI is InChI=1S/C14H22N4O2S/c1-10(2)12-15-14(21-16-12)18-5-3-4-11(18)13(19)17-6-8-20-9-7-17/h10-11H,3-9H2,1-2H3/t11-/m1/s1. The van der Waals surface area contributed by atoms with Crippen LogP contribution in [-0.4, -0.2) is 59.1 Å². The third-order valence-electron chi connectivity index (χ3n) is 4.05. The minimum absolute atomic E-state index is 0.0731. The summed E-state index contributed by atoms with van der Waals surface area (Å²) < 4.78 is 9.74. The van der Waals surface area contributed by atoms with E-state index in [9.17, 15) is 4.79 Å². The van der Waals surface area contributed by atoms with Crippen LogP contribution in [0.2, 0.25) is 0 Å². The number of aromatic nitrogens is 2. The summed E-state index contributed by atoms with van der Waals surface area (Å²) in [5, 5.41) is 0.891. The third-order valence-corrected chi connectivity index (χ3v) is 4.82. The number of carbonyl (C=O) groups excluding carboxylic acids is 1. The highest BCUT2D eigenvalue weighted by Crippen LogP contribution is 2.29. The Balaban J connectivity index is 1.73. The molecule has 1 aromatic rings. The lowest BCUT2D eigenvalue weighted by molar-refractivity contribution is -0.136. The molecule has 1 aromatic heterocycles. The SMILES string of the molecule is CC(C)c1nsc(N2CCC[C@@H]2C(=O)N2CCOCC2)n1. The van der Waals surface area contributed by atoms with Crippen LogP contribution < -0.4 is 4.90 Å². The van der Waals surface area contributed by atoms with Crippen molar-refractivity contribution in [2.24, 2.45) is 0 Å². The zero-order valence-corrected chi connectivity index (χ0v) is 13.4. The van der Waals surface area contributed by atoms with Gasteiger partial charge in [-0.1, -0.05) is 13.8 Å². The number of ether oxygens (including phenoxy) is 1. The second kappa shape index (κ2) is 6.27. The predicted molar refractivity (Wildman–Crippen MR) is 81.8 cm³/mol. The van der Waals surface area contributed by atoms with Gasteiger partial charge in [-0.15, -0.1) is 0 Å². The Hall–Kier alpha value is -1.21. The number of rotatable bonds is 3. The van der Waals surface area contributed by atoms with Crippen molar-refractivity contribution < 1.29 is 9.53 Å². The van der Waals surface area contributed by atoms with Gasteiger partial charge in [-0.3, -0.25) is 4.79 Å². The highest BCUT2D eigenvalue weighted by molar-refractivity contribution is 7.09. The van der Waals surface area contributed by atoms with Crippen LogP contribution in [0.25, 0.3) is 0 Å². The molecule has 2 fully saturated rings. The first-order valence-electron chi connectivity index (χ1n) is 7.63. The number of amides is 1. The fourth-order valence-corrected chi connectivity index (χ4v) is 3.71. The van der Waals surface area contributed by atoms with Crippen LogP contribution in [0.1, 0.15) is 38.4 Å². The molecule has 6 nitrogen and oxygen atoms in total. The number of hydrogen-bond acceptors (Lipinski definition) is 6. The van der Waals surface area contributed by atoms with E-state index in [1.165, 1.54) is 11.5 Å².